The van der Waals surface area contributed by atoms with Crippen molar-refractivity contribution in [2.75, 3.05) is 26.7 Å². The quantitative estimate of drug-likeness (QED) is 0.637. The maximum absolute atomic E-state index is 12.3. The maximum atomic E-state index is 12.3. The molecule has 0 aromatic rings. The Hall–Kier alpha value is -0.650. The van der Waals surface area contributed by atoms with E-state index >= 15 is 0 Å². The monoisotopic (exact) mass is 272 g/mol. The van der Waals surface area contributed by atoms with E-state index in [1.807, 2.05) is 0 Å². The number of carbonyl (C=O) groups is 1. The van der Waals surface area contributed by atoms with Gasteiger partial charge in [-0.25, -0.2) is 0 Å². The van der Waals surface area contributed by atoms with Crippen molar-refractivity contribution in [3.05, 3.63) is 0 Å². The number of methoxy groups -OCH3 is 1. The first-order valence-electron chi connectivity index (χ1n) is 7.31. The molecule has 1 aliphatic rings. The fraction of sp³-hybridized carbons (Fsp3) is 0.929. The number of amides is 1. The van der Waals surface area contributed by atoms with Crippen LogP contribution in [-0.2, 0) is 9.53 Å². The zero-order valence-corrected chi connectivity index (χ0v) is 12.4. The summed E-state index contributed by atoms with van der Waals surface area (Å²) in [5, 5.41) is 16.1. The lowest BCUT2D eigenvalue weighted by Crippen LogP contribution is -2.55. The molecular weight excluding hydrogens is 244 g/mol. The smallest absolute Gasteiger partial charge is 0.252 e. The predicted octanol–water partition coefficient (Wildman–Crippen LogP) is 0.668. The Labute approximate surface area is 116 Å². The van der Waals surface area contributed by atoms with Gasteiger partial charge in [-0.2, -0.15) is 0 Å². The first-order chi connectivity index (χ1) is 9.09. The van der Waals surface area contributed by atoms with Crippen LogP contribution in [0.25, 0.3) is 0 Å². The molecule has 1 heterocycles. The molecule has 19 heavy (non-hydrogen) atoms. The van der Waals surface area contributed by atoms with Crippen molar-refractivity contribution in [2.24, 2.45) is 5.92 Å². The summed E-state index contributed by atoms with van der Waals surface area (Å²) in [6.07, 6.45) is 2.72. The van der Waals surface area contributed by atoms with Crippen LogP contribution < -0.4 is 10.6 Å². The van der Waals surface area contributed by atoms with Gasteiger partial charge in [-0.1, -0.05) is 26.7 Å². The maximum Gasteiger partial charge on any atom is 0.252 e. The number of hydrogen-bond acceptors (Lipinski definition) is 4. The Morgan fingerprint density at radius 1 is 1.37 bits per heavy atom. The zero-order valence-electron chi connectivity index (χ0n) is 12.4. The van der Waals surface area contributed by atoms with E-state index < -0.39 is 11.7 Å². The summed E-state index contributed by atoms with van der Waals surface area (Å²) in [5.41, 5.74) is -0.723. The molecule has 1 fully saturated rings. The minimum atomic E-state index is -0.723. The third-order valence-corrected chi connectivity index (χ3v) is 4.28. The summed E-state index contributed by atoms with van der Waals surface area (Å²) in [5.74, 6) is 0.147. The highest BCUT2D eigenvalue weighted by Crippen LogP contribution is 2.22. The number of ether oxygens (including phenoxy) is 1. The molecule has 1 aliphatic heterocycles. The average molecular weight is 272 g/mol. The van der Waals surface area contributed by atoms with Crippen molar-refractivity contribution in [1.82, 2.24) is 10.6 Å². The number of rotatable bonds is 7. The van der Waals surface area contributed by atoms with Crippen LogP contribution in [0.5, 0.6) is 0 Å². The number of piperidine rings is 1. The largest absolute Gasteiger partial charge is 0.391 e. The summed E-state index contributed by atoms with van der Waals surface area (Å²) in [4.78, 5) is 12.3. The van der Waals surface area contributed by atoms with Crippen molar-refractivity contribution < 1.29 is 14.6 Å². The fourth-order valence-corrected chi connectivity index (χ4v) is 2.71. The molecule has 0 saturated carbocycles. The van der Waals surface area contributed by atoms with E-state index in [2.05, 4.69) is 24.5 Å². The Morgan fingerprint density at radius 3 is 2.42 bits per heavy atom. The molecule has 0 aliphatic carbocycles. The molecule has 1 rings (SSSR count). The third kappa shape index (κ3) is 4.16. The fourth-order valence-electron chi connectivity index (χ4n) is 2.71. The number of aliphatic hydroxyl groups is 1. The molecule has 3 N–H and O–H groups in total. The van der Waals surface area contributed by atoms with Crippen molar-refractivity contribution in [1.29, 1.82) is 0 Å². The normalized spacial score (nSPS) is 20.3. The van der Waals surface area contributed by atoms with E-state index in [0.29, 0.717) is 19.4 Å². The van der Waals surface area contributed by atoms with E-state index in [-0.39, 0.29) is 11.8 Å². The standard InChI is InChI=1S/C14H28N2O3/c1-4-11(5-2)12(17)10-16-13(18)14(19-3)6-8-15-9-7-14/h11-12,15,17H,4-10H2,1-3H3,(H,16,18). The molecule has 1 saturated heterocycles. The van der Waals surface area contributed by atoms with Crippen molar-refractivity contribution in [3.8, 4) is 0 Å². The predicted molar refractivity (Wildman–Crippen MR) is 74.9 cm³/mol. The first kappa shape index (κ1) is 16.4. The Bertz CT molecular complexity index is 274. The molecule has 1 unspecified atom stereocenters. The van der Waals surface area contributed by atoms with Crippen LogP contribution >= 0.6 is 0 Å². The summed E-state index contributed by atoms with van der Waals surface area (Å²) < 4.78 is 5.45. The number of aliphatic hydroxyl groups excluding tert-OH is 1. The second-order valence-electron chi connectivity index (χ2n) is 5.30. The SMILES string of the molecule is CCC(CC)C(O)CNC(=O)C1(OC)CCNCC1. The molecule has 1 atom stereocenters. The van der Waals surface area contributed by atoms with Crippen LogP contribution in [0.15, 0.2) is 0 Å². The topological polar surface area (TPSA) is 70.6 Å². The van der Waals surface area contributed by atoms with Crippen LogP contribution in [0.1, 0.15) is 39.5 Å². The summed E-state index contributed by atoms with van der Waals surface area (Å²) in [7, 11) is 1.59. The summed E-state index contributed by atoms with van der Waals surface area (Å²) in [6.45, 7) is 6.00. The van der Waals surface area contributed by atoms with Gasteiger partial charge in [-0.05, 0) is 31.8 Å². The lowest BCUT2D eigenvalue weighted by Gasteiger charge is -2.35. The lowest BCUT2D eigenvalue weighted by molar-refractivity contribution is -0.147. The molecular formula is C14H28N2O3. The molecule has 0 bridgehead atoms. The van der Waals surface area contributed by atoms with Crippen LogP contribution in [0.4, 0.5) is 0 Å². The Balaban J connectivity index is 2.49. The van der Waals surface area contributed by atoms with Gasteiger partial charge in [0.2, 0.25) is 0 Å². The van der Waals surface area contributed by atoms with Crippen LogP contribution in [0, 0.1) is 5.92 Å². The van der Waals surface area contributed by atoms with Crippen molar-refractivity contribution in [3.63, 3.8) is 0 Å². The lowest BCUT2D eigenvalue weighted by atomic mass is 9.90. The van der Waals surface area contributed by atoms with Crippen LogP contribution in [-0.4, -0.2) is 49.5 Å². The summed E-state index contributed by atoms with van der Waals surface area (Å²) in [6, 6.07) is 0. The van der Waals surface area contributed by atoms with Gasteiger partial charge >= 0.3 is 0 Å². The van der Waals surface area contributed by atoms with Crippen LogP contribution in [0.3, 0.4) is 0 Å². The molecule has 0 spiro atoms. The summed E-state index contributed by atoms with van der Waals surface area (Å²) >= 11 is 0. The second-order valence-corrected chi connectivity index (χ2v) is 5.30. The molecule has 5 nitrogen and oxygen atoms in total. The van der Waals surface area contributed by atoms with E-state index in [1.165, 1.54) is 0 Å². The highest BCUT2D eigenvalue weighted by Gasteiger charge is 2.39. The molecule has 5 heteroatoms. The van der Waals surface area contributed by atoms with Gasteiger partial charge in [0.1, 0.15) is 5.60 Å². The zero-order chi connectivity index (χ0) is 14.3. The van der Waals surface area contributed by atoms with Gasteiger partial charge in [-0.15, -0.1) is 0 Å². The number of hydrogen-bond donors (Lipinski definition) is 3. The van der Waals surface area contributed by atoms with Crippen molar-refractivity contribution in [2.45, 2.75) is 51.2 Å². The van der Waals surface area contributed by atoms with Crippen LogP contribution in [0.2, 0.25) is 0 Å². The number of carbonyl (C=O) groups excluding carboxylic acids is 1. The minimum Gasteiger partial charge on any atom is -0.391 e. The Morgan fingerprint density at radius 2 is 1.95 bits per heavy atom. The first-order valence-corrected chi connectivity index (χ1v) is 7.31. The molecule has 1 amide bonds. The molecule has 112 valence electrons. The molecule has 0 aromatic carbocycles. The van der Waals surface area contributed by atoms with Gasteiger partial charge in [0.05, 0.1) is 6.10 Å². The van der Waals surface area contributed by atoms with Gasteiger partial charge in [-0.3, -0.25) is 4.79 Å². The minimum absolute atomic E-state index is 0.0958. The van der Waals surface area contributed by atoms with Gasteiger partial charge < -0.3 is 20.5 Å². The highest BCUT2D eigenvalue weighted by atomic mass is 16.5. The second kappa shape index (κ2) is 7.82. The van der Waals surface area contributed by atoms with E-state index in [1.54, 1.807) is 7.11 Å². The average Bonchev–Trinajstić information content (AvgIpc) is 2.46. The van der Waals surface area contributed by atoms with E-state index in [9.17, 15) is 9.90 Å². The van der Waals surface area contributed by atoms with E-state index in [0.717, 1.165) is 25.9 Å². The third-order valence-electron chi connectivity index (χ3n) is 4.28. The molecule has 0 radical (unpaired) electrons. The number of nitrogens with one attached hydrogen (secondary N) is 2. The van der Waals surface area contributed by atoms with Gasteiger partial charge in [0.25, 0.3) is 5.91 Å². The molecule has 0 aromatic heterocycles. The van der Waals surface area contributed by atoms with Gasteiger partial charge in [0, 0.05) is 13.7 Å². The highest BCUT2D eigenvalue weighted by molar-refractivity contribution is 5.85. The van der Waals surface area contributed by atoms with Crippen molar-refractivity contribution >= 4 is 5.91 Å². The van der Waals surface area contributed by atoms with Gasteiger partial charge in [0.15, 0.2) is 0 Å². The van der Waals surface area contributed by atoms with E-state index in [4.69, 9.17) is 4.74 Å². The Kier molecular flexibility index (Phi) is 6.75.